The van der Waals surface area contributed by atoms with Gasteiger partial charge in [0.1, 0.15) is 11.2 Å². The van der Waals surface area contributed by atoms with Crippen molar-refractivity contribution in [3.63, 3.8) is 0 Å². The van der Waals surface area contributed by atoms with Crippen LogP contribution in [0, 0.1) is 0 Å². The number of amides is 1. The fourth-order valence-corrected chi connectivity index (χ4v) is 3.03. The van der Waals surface area contributed by atoms with E-state index in [1.54, 1.807) is 36.0 Å². The highest BCUT2D eigenvalue weighted by molar-refractivity contribution is 5.97. The van der Waals surface area contributed by atoms with Crippen LogP contribution in [0.2, 0.25) is 0 Å². The summed E-state index contributed by atoms with van der Waals surface area (Å²) in [6.45, 7) is 2.07. The SMILES string of the molecule is CCOC(=O)C1(NC(=O)c2cn3cccnc3n2)CCCCC1. The molecule has 7 nitrogen and oxygen atoms in total. The van der Waals surface area contributed by atoms with Gasteiger partial charge in [0.15, 0.2) is 0 Å². The highest BCUT2D eigenvalue weighted by Gasteiger charge is 2.42. The van der Waals surface area contributed by atoms with Crippen molar-refractivity contribution in [1.82, 2.24) is 19.7 Å². The zero-order chi connectivity index (χ0) is 16.3. The number of esters is 1. The van der Waals surface area contributed by atoms with Crippen molar-refractivity contribution in [3.8, 4) is 0 Å². The molecule has 1 fully saturated rings. The first kappa shape index (κ1) is 15.5. The maximum Gasteiger partial charge on any atom is 0.331 e. The predicted molar refractivity (Wildman–Crippen MR) is 82.9 cm³/mol. The Labute approximate surface area is 134 Å². The third-order valence-electron chi connectivity index (χ3n) is 4.19. The molecule has 1 N–H and O–H groups in total. The number of imidazole rings is 1. The monoisotopic (exact) mass is 316 g/mol. The number of hydrogen-bond acceptors (Lipinski definition) is 5. The molecule has 0 bridgehead atoms. The molecule has 0 aromatic carbocycles. The van der Waals surface area contributed by atoms with Crippen LogP contribution in [0.4, 0.5) is 0 Å². The van der Waals surface area contributed by atoms with Crippen LogP contribution >= 0.6 is 0 Å². The third-order valence-corrected chi connectivity index (χ3v) is 4.19. The number of aromatic nitrogens is 3. The lowest BCUT2D eigenvalue weighted by atomic mass is 9.81. The molecule has 0 atom stereocenters. The molecule has 1 saturated carbocycles. The van der Waals surface area contributed by atoms with Crippen molar-refractivity contribution < 1.29 is 14.3 Å². The number of rotatable bonds is 4. The van der Waals surface area contributed by atoms with Gasteiger partial charge in [0, 0.05) is 18.6 Å². The van der Waals surface area contributed by atoms with E-state index in [9.17, 15) is 9.59 Å². The van der Waals surface area contributed by atoms with Gasteiger partial charge in [-0.05, 0) is 25.8 Å². The van der Waals surface area contributed by atoms with E-state index in [4.69, 9.17) is 4.74 Å². The number of hydrogen-bond donors (Lipinski definition) is 1. The van der Waals surface area contributed by atoms with E-state index < -0.39 is 5.54 Å². The van der Waals surface area contributed by atoms with Crippen LogP contribution in [-0.2, 0) is 9.53 Å². The van der Waals surface area contributed by atoms with Crippen molar-refractivity contribution in [1.29, 1.82) is 0 Å². The van der Waals surface area contributed by atoms with E-state index in [-0.39, 0.29) is 17.6 Å². The second-order valence-corrected chi connectivity index (χ2v) is 5.77. The van der Waals surface area contributed by atoms with E-state index in [1.165, 1.54) is 0 Å². The number of carbonyl (C=O) groups excluding carboxylic acids is 2. The summed E-state index contributed by atoms with van der Waals surface area (Å²) in [6, 6.07) is 1.76. The molecular formula is C16H20N4O3. The Balaban J connectivity index is 1.83. The van der Waals surface area contributed by atoms with Gasteiger partial charge in [-0.3, -0.25) is 9.20 Å². The lowest BCUT2D eigenvalue weighted by Crippen LogP contribution is -2.56. The smallest absolute Gasteiger partial charge is 0.331 e. The molecule has 0 spiro atoms. The van der Waals surface area contributed by atoms with Crippen LogP contribution in [0.15, 0.2) is 24.7 Å². The van der Waals surface area contributed by atoms with E-state index in [2.05, 4.69) is 15.3 Å². The van der Waals surface area contributed by atoms with Crippen molar-refractivity contribution >= 4 is 17.7 Å². The first-order valence-corrected chi connectivity index (χ1v) is 7.94. The Kier molecular flexibility index (Phi) is 4.27. The standard InChI is InChI=1S/C16H20N4O3/c1-2-23-14(22)16(7-4-3-5-8-16)19-13(21)12-11-20-10-6-9-17-15(20)18-12/h6,9-11H,2-5,7-8H2,1H3,(H,19,21). The van der Waals surface area contributed by atoms with E-state index in [1.807, 2.05) is 0 Å². The Morgan fingerprint density at radius 1 is 1.35 bits per heavy atom. The van der Waals surface area contributed by atoms with Crippen molar-refractivity contribution in [2.75, 3.05) is 6.61 Å². The average molecular weight is 316 g/mol. The minimum Gasteiger partial charge on any atom is -0.464 e. The van der Waals surface area contributed by atoms with Crippen molar-refractivity contribution in [2.45, 2.75) is 44.6 Å². The minimum atomic E-state index is -0.936. The van der Waals surface area contributed by atoms with Crippen molar-refractivity contribution in [2.24, 2.45) is 0 Å². The van der Waals surface area contributed by atoms with Gasteiger partial charge >= 0.3 is 5.97 Å². The molecule has 3 rings (SSSR count). The molecular weight excluding hydrogens is 296 g/mol. The number of ether oxygens (including phenoxy) is 1. The summed E-state index contributed by atoms with van der Waals surface area (Å²) in [5, 5.41) is 2.88. The van der Waals surface area contributed by atoms with E-state index in [0.29, 0.717) is 25.2 Å². The summed E-state index contributed by atoms with van der Waals surface area (Å²) in [4.78, 5) is 33.3. The van der Waals surface area contributed by atoms with Gasteiger partial charge in [0.05, 0.1) is 6.61 Å². The zero-order valence-electron chi connectivity index (χ0n) is 13.1. The highest BCUT2D eigenvalue weighted by atomic mass is 16.5. The molecule has 7 heteroatoms. The van der Waals surface area contributed by atoms with Gasteiger partial charge in [-0.15, -0.1) is 0 Å². The molecule has 2 heterocycles. The first-order chi connectivity index (χ1) is 11.1. The van der Waals surface area contributed by atoms with Gasteiger partial charge < -0.3 is 10.1 Å². The molecule has 23 heavy (non-hydrogen) atoms. The van der Waals surface area contributed by atoms with Crippen LogP contribution in [0.25, 0.3) is 5.78 Å². The normalized spacial score (nSPS) is 16.9. The quantitative estimate of drug-likeness (QED) is 0.868. The number of carbonyl (C=O) groups is 2. The minimum absolute atomic E-state index is 0.248. The maximum atomic E-state index is 12.6. The number of nitrogens with one attached hydrogen (secondary N) is 1. The Morgan fingerprint density at radius 2 is 2.13 bits per heavy atom. The summed E-state index contributed by atoms with van der Waals surface area (Å²) in [5.41, 5.74) is -0.688. The van der Waals surface area contributed by atoms with Crippen LogP contribution in [0.3, 0.4) is 0 Å². The largest absolute Gasteiger partial charge is 0.464 e. The number of fused-ring (bicyclic) bond motifs is 1. The van der Waals surface area contributed by atoms with Gasteiger partial charge in [0.2, 0.25) is 5.78 Å². The second-order valence-electron chi connectivity index (χ2n) is 5.77. The first-order valence-electron chi connectivity index (χ1n) is 7.94. The Bertz CT molecular complexity index is 686. The van der Waals surface area contributed by atoms with E-state index in [0.717, 1.165) is 19.3 Å². The maximum absolute atomic E-state index is 12.6. The van der Waals surface area contributed by atoms with Gasteiger partial charge in [-0.25, -0.2) is 14.8 Å². The fourth-order valence-electron chi connectivity index (χ4n) is 3.03. The predicted octanol–water partition coefficient (Wildman–Crippen LogP) is 1.73. The van der Waals surface area contributed by atoms with Gasteiger partial charge in [-0.2, -0.15) is 0 Å². The topological polar surface area (TPSA) is 85.6 Å². The lowest BCUT2D eigenvalue weighted by Gasteiger charge is -2.35. The molecule has 0 unspecified atom stereocenters. The Hall–Kier alpha value is -2.44. The van der Waals surface area contributed by atoms with Crippen LogP contribution in [-0.4, -0.2) is 38.4 Å². The summed E-state index contributed by atoms with van der Waals surface area (Å²) in [7, 11) is 0. The lowest BCUT2D eigenvalue weighted by molar-refractivity contribution is -0.152. The van der Waals surface area contributed by atoms with Crippen LogP contribution in [0.5, 0.6) is 0 Å². The molecule has 2 aromatic rings. The average Bonchev–Trinajstić information content (AvgIpc) is 3.00. The second kappa shape index (κ2) is 6.36. The molecule has 0 radical (unpaired) electrons. The van der Waals surface area contributed by atoms with E-state index >= 15 is 0 Å². The molecule has 1 aliphatic rings. The summed E-state index contributed by atoms with van der Waals surface area (Å²) in [5.74, 6) is -0.271. The summed E-state index contributed by atoms with van der Waals surface area (Å²) < 4.78 is 6.86. The number of nitrogens with zero attached hydrogens (tertiary/aromatic N) is 3. The fraction of sp³-hybridized carbons (Fsp3) is 0.500. The molecule has 1 aliphatic carbocycles. The molecule has 0 aliphatic heterocycles. The highest BCUT2D eigenvalue weighted by Crippen LogP contribution is 2.30. The van der Waals surface area contributed by atoms with Gasteiger partial charge in [0.25, 0.3) is 5.91 Å². The Morgan fingerprint density at radius 3 is 2.83 bits per heavy atom. The van der Waals surface area contributed by atoms with Crippen LogP contribution in [0.1, 0.15) is 49.5 Å². The molecule has 0 saturated heterocycles. The molecule has 2 aromatic heterocycles. The molecule has 122 valence electrons. The summed E-state index contributed by atoms with van der Waals surface area (Å²) >= 11 is 0. The van der Waals surface area contributed by atoms with Gasteiger partial charge in [-0.1, -0.05) is 19.3 Å². The van der Waals surface area contributed by atoms with Crippen molar-refractivity contribution in [3.05, 3.63) is 30.4 Å². The zero-order valence-corrected chi connectivity index (χ0v) is 13.1. The van der Waals surface area contributed by atoms with Crippen LogP contribution < -0.4 is 5.32 Å². The third kappa shape index (κ3) is 3.04. The summed E-state index contributed by atoms with van der Waals surface area (Å²) in [6.07, 6.45) is 9.05. The molecule has 1 amide bonds.